The van der Waals surface area contributed by atoms with Gasteiger partial charge in [-0.25, -0.2) is 0 Å². The lowest BCUT2D eigenvalue weighted by atomic mass is 9.69. The summed E-state index contributed by atoms with van der Waals surface area (Å²) in [6, 6.07) is 29.3. The minimum atomic E-state index is 0.412. The van der Waals surface area contributed by atoms with Gasteiger partial charge in [0.15, 0.2) is 0 Å². The molecule has 0 amide bonds. The number of benzene rings is 3. The Hall–Kier alpha value is -1.86. The van der Waals surface area contributed by atoms with E-state index in [0.29, 0.717) is 77.8 Å². The quantitative estimate of drug-likeness (QED) is 0.175. The second-order valence-electron chi connectivity index (χ2n) is 19.2. The molecule has 6 aliphatic rings. The van der Waals surface area contributed by atoms with Crippen LogP contribution in [0.5, 0.6) is 0 Å². The maximum Gasteiger partial charge on any atom is 0.0603 e. The number of thioether (sulfide) groups is 4. The number of fused-ring (bicyclic) bond motifs is 10. The van der Waals surface area contributed by atoms with Gasteiger partial charge in [-0.1, -0.05) is 122 Å². The standard InChI is InChI=1S/C50H60N2S4/c1-25-26(2)30(6)44-43(29(25)5)53-47-41(51-37-21-13-9-17-33(37)34-18-10-14-22-38(34)51)49-50(56-46-32(8)28(4)27(3)31(7)45(46)55-49)42(48(47)54-44)52-39-23-15-11-19-35(39)36-20-12-16-24-40(36)52/h9-15,17-23,25-32,41-50H,16,24H2,1-8H3. The summed E-state index contributed by atoms with van der Waals surface area (Å²) in [5.41, 5.74) is 7.50. The molecule has 56 heavy (non-hydrogen) atoms. The summed E-state index contributed by atoms with van der Waals surface area (Å²) in [7, 11) is 0. The van der Waals surface area contributed by atoms with Crippen LogP contribution in [0.1, 0.15) is 85.2 Å². The van der Waals surface area contributed by atoms with Crippen LogP contribution < -0.4 is 0 Å². The van der Waals surface area contributed by atoms with E-state index >= 15 is 0 Å². The number of hydrogen-bond donors (Lipinski definition) is 0. The molecule has 2 saturated heterocycles. The molecular formula is C50H60N2S4. The molecule has 3 aromatic carbocycles. The summed E-state index contributed by atoms with van der Waals surface area (Å²) < 4.78 is 5.95. The van der Waals surface area contributed by atoms with Crippen LogP contribution in [0.2, 0.25) is 0 Å². The van der Waals surface area contributed by atoms with Gasteiger partial charge in [-0.3, -0.25) is 0 Å². The van der Waals surface area contributed by atoms with Crippen molar-refractivity contribution in [3.63, 3.8) is 0 Å². The minimum absolute atomic E-state index is 0.412. The Labute approximate surface area is 352 Å². The number of para-hydroxylation sites is 3. The first-order chi connectivity index (χ1) is 27.2. The topological polar surface area (TPSA) is 9.86 Å². The third kappa shape index (κ3) is 5.19. The molecule has 2 nitrogen and oxygen atoms in total. The normalized spacial score (nSPS) is 43.2. The summed E-state index contributed by atoms with van der Waals surface area (Å²) in [6.45, 7) is 20.8. The summed E-state index contributed by atoms with van der Waals surface area (Å²) in [4.78, 5) is 0. The molecule has 0 N–H and O–H groups in total. The first-order valence-corrected chi connectivity index (χ1v) is 25.8. The van der Waals surface area contributed by atoms with Crippen LogP contribution in [0, 0.1) is 47.3 Å². The average Bonchev–Trinajstić information content (AvgIpc) is 3.74. The Morgan fingerprint density at radius 1 is 0.411 bits per heavy atom. The molecule has 5 fully saturated rings. The largest absolute Gasteiger partial charge is 0.339 e. The van der Waals surface area contributed by atoms with Crippen molar-refractivity contribution in [2.45, 2.75) is 122 Å². The third-order valence-electron chi connectivity index (χ3n) is 17.0. The van der Waals surface area contributed by atoms with Crippen LogP contribution in [0.4, 0.5) is 0 Å². The molecule has 294 valence electrons. The van der Waals surface area contributed by atoms with E-state index in [4.69, 9.17) is 0 Å². The van der Waals surface area contributed by atoms with Crippen LogP contribution in [-0.2, 0) is 6.42 Å². The lowest BCUT2D eigenvalue weighted by molar-refractivity contribution is 0.144. The summed E-state index contributed by atoms with van der Waals surface area (Å²) in [6.07, 6.45) is 7.22. The predicted molar refractivity (Wildman–Crippen MR) is 251 cm³/mol. The number of rotatable bonds is 2. The van der Waals surface area contributed by atoms with Crippen molar-refractivity contribution >= 4 is 85.8 Å². The minimum Gasteiger partial charge on any atom is -0.339 e. The van der Waals surface area contributed by atoms with Crippen LogP contribution in [0.15, 0.2) is 78.9 Å². The molecule has 3 saturated carbocycles. The van der Waals surface area contributed by atoms with E-state index < -0.39 is 0 Å². The second kappa shape index (κ2) is 13.8. The molecule has 4 aliphatic carbocycles. The molecule has 2 aliphatic heterocycles. The molecular weight excluding hydrogens is 757 g/mol. The van der Waals surface area contributed by atoms with Gasteiger partial charge in [-0.05, 0) is 78.4 Å². The zero-order valence-electron chi connectivity index (χ0n) is 34.4. The van der Waals surface area contributed by atoms with Crippen molar-refractivity contribution in [3.05, 3.63) is 90.1 Å². The van der Waals surface area contributed by atoms with E-state index in [1.165, 1.54) is 38.3 Å². The number of allylic oxidation sites excluding steroid dienone is 1. The fourth-order valence-electron chi connectivity index (χ4n) is 13.0. The van der Waals surface area contributed by atoms with Crippen LogP contribution in [0.25, 0.3) is 38.8 Å². The second-order valence-corrected chi connectivity index (χ2v) is 24.7. The first-order valence-electron chi connectivity index (χ1n) is 22.0. The number of hydrogen-bond acceptors (Lipinski definition) is 4. The van der Waals surface area contributed by atoms with Crippen molar-refractivity contribution in [1.82, 2.24) is 9.13 Å². The highest BCUT2D eigenvalue weighted by Gasteiger charge is 2.63. The molecule has 2 aromatic heterocycles. The number of aromatic nitrogens is 2. The van der Waals surface area contributed by atoms with Gasteiger partial charge in [0.25, 0.3) is 0 Å². The third-order valence-corrected chi connectivity index (χ3v) is 25.4. The van der Waals surface area contributed by atoms with E-state index in [1.807, 2.05) is 0 Å². The van der Waals surface area contributed by atoms with Crippen molar-refractivity contribution < 1.29 is 0 Å². The lowest BCUT2D eigenvalue weighted by Gasteiger charge is -2.63. The predicted octanol–water partition coefficient (Wildman–Crippen LogP) is 13.5. The Bertz CT molecular complexity index is 2230. The van der Waals surface area contributed by atoms with Gasteiger partial charge >= 0.3 is 0 Å². The molecule has 16 unspecified atom stereocenters. The van der Waals surface area contributed by atoms with Gasteiger partial charge in [0.05, 0.1) is 12.1 Å². The Morgan fingerprint density at radius 2 is 0.768 bits per heavy atom. The average molecular weight is 817 g/mol. The Balaban J connectivity index is 1.18. The molecule has 4 heterocycles. The van der Waals surface area contributed by atoms with E-state index in [0.717, 1.165) is 36.5 Å². The van der Waals surface area contributed by atoms with Gasteiger partial charge in [0, 0.05) is 86.0 Å². The van der Waals surface area contributed by atoms with Crippen LogP contribution >= 0.6 is 47.0 Å². The van der Waals surface area contributed by atoms with Gasteiger partial charge in [0.1, 0.15) is 0 Å². The maximum atomic E-state index is 3.01. The zero-order valence-corrected chi connectivity index (χ0v) is 37.7. The fourth-order valence-corrected chi connectivity index (χ4v) is 22.9. The van der Waals surface area contributed by atoms with Crippen molar-refractivity contribution in [2.75, 3.05) is 0 Å². The summed E-state index contributed by atoms with van der Waals surface area (Å²) >= 11 is 9.93. The molecule has 0 radical (unpaired) electrons. The van der Waals surface area contributed by atoms with Gasteiger partial charge in [-0.2, -0.15) is 47.0 Å². The van der Waals surface area contributed by atoms with Crippen LogP contribution in [0.3, 0.4) is 0 Å². The molecule has 16 atom stereocenters. The van der Waals surface area contributed by atoms with Gasteiger partial charge < -0.3 is 9.13 Å². The van der Waals surface area contributed by atoms with Crippen molar-refractivity contribution in [1.29, 1.82) is 0 Å². The highest BCUT2D eigenvalue weighted by molar-refractivity contribution is 8.09. The van der Waals surface area contributed by atoms with Crippen molar-refractivity contribution in [2.24, 2.45) is 47.3 Å². The van der Waals surface area contributed by atoms with E-state index in [9.17, 15) is 0 Å². The highest BCUT2D eigenvalue weighted by atomic mass is 32.2. The molecule has 5 aromatic rings. The number of nitrogens with zero attached hydrogens (tertiary/aromatic N) is 2. The van der Waals surface area contributed by atoms with E-state index in [-0.39, 0.29) is 0 Å². The monoisotopic (exact) mass is 816 g/mol. The van der Waals surface area contributed by atoms with E-state index in [2.05, 4.69) is 197 Å². The Kier molecular flexibility index (Phi) is 9.19. The Morgan fingerprint density at radius 3 is 1.20 bits per heavy atom. The summed E-state index contributed by atoms with van der Waals surface area (Å²) in [5.74, 6) is 5.84. The SMILES string of the molecule is CC1C(C)C(C)C2SC3C(SC2C1C)C(n1c2c(c4ccccc41)C=CCC2)C1SC2C(C)C(C)C(C)C(C)C2SC1C3n1c2ccccc2c2ccccc21. The highest BCUT2D eigenvalue weighted by Crippen LogP contribution is 2.68. The van der Waals surface area contributed by atoms with E-state index in [1.54, 1.807) is 5.69 Å². The molecule has 0 spiro atoms. The maximum absolute atomic E-state index is 3.01. The molecule has 11 rings (SSSR count). The first kappa shape index (κ1) is 37.2. The lowest BCUT2D eigenvalue weighted by Crippen LogP contribution is -2.63. The smallest absolute Gasteiger partial charge is 0.0603 e. The van der Waals surface area contributed by atoms with Crippen molar-refractivity contribution in [3.8, 4) is 0 Å². The zero-order chi connectivity index (χ0) is 38.3. The van der Waals surface area contributed by atoms with Crippen LogP contribution in [-0.4, -0.2) is 51.1 Å². The van der Waals surface area contributed by atoms with Gasteiger partial charge in [0.2, 0.25) is 0 Å². The summed E-state index contributed by atoms with van der Waals surface area (Å²) in [5, 5.41) is 9.10. The van der Waals surface area contributed by atoms with Gasteiger partial charge in [-0.15, -0.1) is 0 Å². The molecule has 0 bridgehead atoms. The molecule has 6 heteroatoms. The fraction of sp³-hybridized carbons (Fsp3) is 0.560.